The van der Waals surface area contributed by atoms with Crippen LogP contribution in [0.5, 0.6) is 0 Å². The summed E-state index contributed by atoms with van der Waals surface area (Å²) >= 11 is -2.57. The quantitative estimate of drug-likeness (QED) is 0.275. The summed E-state index contributed by atoms with van der Waals surface area (Å²) < 4.78 is 4.96. The minimum Gasteiger partial charge on any atom is -1.00 e. The predicted octanol–water partition coefficient (Wildman–Crippen LogP) is 2.04. The molecule has 38 heavy (non-hydrogen) atoms. The molecule has 2 aliphatic carbocycles. The molecule has 0 N–H and O–H groups in total. The normalized spacial score (nSPS) is 13.5. The first-order chi connectivity index (χ1) is 17.7. The molecule has 4 aromatic carbocycles. The smallest absolute Gasteiger partial charge is 1.00 e. The van der Waals surface area contributed by atoms with Crippen LogP contribution in [0.2, 0.25) is 0 Å². The molecule has 0 spiro atoms. The van der Waals surface area contributed by atoms with E-state index in [4.69, 9.17) is 0 Å². The Morgan fingerprint density at radius 1 is 0.737 bits per heavy atom. The van der Waals surface area contributed by atoms with E-state index in [1.165, 1.54) is 34.2 Å². The molecular weight excluding hydrogens is 583 g/mol. The van der Waals surface area contributed by atoms with Gasteiger partial charge in [-0.15, -0.1) is 0 Å². The summed E-state index contributed by atoms with van der Waals surface area (Å²) in [5.74, 6) is 0.620. The maximum atomic E-state index is 2.61. The molecule has 0 amide bonds. The van der Waals surface area contributed by atoms with E-state index in [9.17, 15) is 0 Å². The van der Waals surface area contributed by atoms with Gasteiger partial charge in [0.1, 0.15) is 0 Å². The van der Waals surface area contributed by atoms with Crippen molar-refractivity contribution in [3.8, 4) is 11.1 Å². The van der Waals surface area contributed by atoms with Crippen LogP contribution in [0.25, 0.3) is 11.1 Å². The van der Waals surface area contributed by atoms with Gasteiger partial charge in [-0.3, -0.25) is 0 Å². The number of benzene rings is 4. The Kier molecular flexibility index (Phi) is 9.59. The summed E-state index contributed by atoms with van der Waals surface area (Å²) in [6, 6.07) is 38.6. The van der Waals surface area contributed by atoms with Crippen molar-refractivity contribution in [1.29, 1.82) is 0 Å². The van der Waals surface area contributed by atoms with Crippen LogP contribution in [0.1, 0.15) is 48.9 Å². The second-order valence-corrected chi connectivity index (χ2v) is 16.0. The molecule has 0 radical (unpaired) electrons. The van der Waals surface area contributed by atoms with Crippen molar-refractivity contribution in [3.05, 3.63) is 146 Å². The topological polar surface area (TPSA) is 0 Å². The molecule has 1 unspecified atom stereocenters. The van der Waals surface area contributed by atoms with Crippen LogP contribution in [-0.4, -0.2) is 3.21 Å². The molecule has 4 aromatic rings. The Balaban J connectivity index is 0.00000168. The largest absolute Gasteiger partial charge is 1.00 e. The minimum atomic E-state index is -2.57. The second kappa shape index (κ2) is 12.7. The van der Waals surface area contributed by atoms with Gasteiger partial charge in [-0.05, 0) is 0 Å². The van der Waals surface area contributed by atoms with E-state index in [2.05, 4.69) is 129 Å². The summed E-state index contributed by atoms with van der Waals surface area (Å²) in [6.07, 6.45) is 8.49. The van der Waals surface area contributed by atoms with Gasteiger partial charge in [0.05, 0.1) is 0 Å². The maximum Gasteiger partial charge on any atom is -1.00 e. The zero-order valence-electron chi connectivity index (χ0n) is 21.9. The summed E-state index contributed by atoms with van der Waals surface area (Å²) in [5.41, 5.74) is 10.3. The molecule has 6 rings (SSSR count). The molecule has 0 saturated heterocycles. The summed E-state index contributed by atoms with van der Waals surface area (Å²) in [5, 5.41) is 0. The van der Waals surface area contributed by atoms with E-state index in [-0.39, 0.29) is 24.8 Å². The number of hydrogen-bond acceptors (Lipinski definition) is 0. The molecule has 0 nitrogen and oxygen atoms in total. The Morgan fingerprint density at radius 2 is 1.34 bits per heavy atom. The van der Waals surface area contributed by atoms with Crippen LogP contribution in [0.3, 0.4) is 0 Å². The maximum absolute atomic E-state index is 2.61. The van der Waals surface area contributed by atoms with Crippen LogP contribution in [0.15, 0.2) is 124 Å². The fraction of sp³-hybridized carbons (Fsp3) is 0.171. The van der Waals surface area contributed by atoms with Gasteiger partial charge in [-0.1, -0.05) is 0 Å². The monoisotopic (exact) mass is 612 g/mol. The van der Waals surface area contributed by atoms with Gasteiger partial charge < -0.3 is 24.8 Å². The Labute approximate surface area is 247 Å². The zero-order chi connectivity index (χ0) is 24.5. The third-order valence-corrected chi connectivity index (χ3v) is 15.5. The van der Waals surface area contributed by atoms with Crippen molar-refractivity contribution in [1.82, 2.24) is 0 Å². The fourth-order valence-electron chi connectivity index (χ4n) is 5.82. The number of hydrogen-bond donors (Lipinski definition) is 0. The van der Waals surface area contributed by atoms with Crippen molar-refractivity contribution in [3.63, 3.8) is 0 Å². The van der Waals surface area contributed by atoms with E-state index >= 15 is 0 Å². The van der Waals surface area contributed by atoms with Crippen molar-refractivity contribution in [2.24, 2.45) is 5.92 Å². The summed E-state index contributed by atoms with van der Waals surface area (Å²) in [4.78, 5) is 0. The van der Waals surface area contributed by atoms with Crippen molar-refractivity contribution >= 4 is 6.48 Å². The van der Waals surface area contributed by atoms with E-state index in [1.54, 1.807) is 20.9 Å². The number of rotatable bonds is 6. The van der Waals surface area contributed by atoms with Gasteiger partial charge in [-0.2, -0.15) is 0 Å². The standard InChI is InChI=1S/C13H9.C13H10.C9H13.2ClH.Zr/c1-3-7-12-10(5-1)9-11-6-2-4-8-13(11)12;1-3-7-12(8-4-1)11-13-9-5-2-6-10-13;1-3-8(2)9-6-4-5-7-9;;;/h1-5,7-8H,9H2;1-10H;6-8H,3-4H2,1-2H3;2*1H;/q;;;;;+2/p-2. The van der Waals surface area contributed by atoms with Gasteiger partial charge in [0, 0.05) is 0 Å². The first kappa shape index (κ1) is 28.7. The third kappa shape index (κ3) is 5.40. The Morgan fingerprint density at radius 3 is 2.00 bits per heavy atom. The molecule has 0 aromatic heterocycles. The molecule has 3 heteroatoms. The van der Waals surface area contributed by atoms with Crippen LogP contribution < -0.4 is 28.1 Å². The van der Waals surface area contributed by atoms with Gasteiger partial charge in [-0.25, -0.2) is 0 Å². The average Bonchev–Trinajstić information content (AvgIpc) is 3.58. The zero-order valence-corrected chi connectivity index (χ0v) is 25.9. The van der Waals surface area contributed by atoms with Gasteiger partial charge in [0.2, 0.25) is 0 Å². The molecule has 0 heterocycles. The SMILES string of the molecule is CCC(C)C1=CC[C]([Zr+2](=[C](c2ccccc2)c2ccccc2)[c]2cccc3c2Cc2ccccc2-3)=C1.[Cl-].[Cl-]. The summed E-state index contributed by atoms with van der Waals surface area (Å²) in [7, 11) is 0. The number of allylic oxidation sites excluding steroid dienone is 4. The first-order valence-corrected chi connectivity index (χ1v) is 16.9. The minimum absolute atomic E-state index is 0. The van der Waals surface area contributed by atoms with Crippen molar-refractivity contribution in [2.45, 2.75) is 33.1 Å². The van der Waals surface area contributed by atoms with E-state index < -0.39 is 21.3 Å². The number of halogens is 2. The van der Waals surface area contributed by atoms with Crippen LogP contribution in [-0.2, 0) is 27.7 Å². The van der Waals surface area contributed by atoms with E-state index in [1.807, 2.05) is 0 Å². The fourth-order valence-corrected chi connectivity index (χ4v) is 13.8. The van der Waals surface area contributed by atoms with Crippen molar-refractivity contribution in [2.75, 3.05) is 0 Å². The molecule has 190 valence electrons. The van der Waals surface area contributed by atoms with Crippen molar-refractivity contribution < 1.29 is 46.1 Å². The van der Waals surface area contributed by atoms with E-state index in [0.29, 0.717) is 5.92 Å². The van der Waals surface area contributed by atoms with Crippen LogP contribution in [0, 0.1) is 5.92 Å². The average molecular weight is 615 g/mol. The molecule has 0 fully saturated rings. The predicted molar refractivity (Wildman–Crippen MR) is 151 cm³/mol. The molecule has 0 bridgehead atoms. The summed E-state index contributed by atoms with van der Waals surface area (Å²) in [6.45, 7) is 4.69. The number of fused-ring (bicyclic) bond motifs is 3. The molecule has 1 atom stereocenters. The van der Waals surface area contributed by atoms with Gasteiger partial charge >= 0.3 is 224 Å². The molecule has 2 aliphatic rings. The molecular formula is C35H32Cl2Zr. The molecule has 0 aliphatic heterocycles. The van der Waals surface area contributed by atoms with Gasteiger partial charge in [0.15, 0.2) is 0 Å². The second-order valence-electron chi connectivity index (χ2n) is 10.0. The van der Waals surface area contributed by atoms with Crippen LogP contribution in [0.4, 0.5) is 0 Å². The van der Waals surface area contributed by atoms with Gasteiger partial charge in [0.25, 0.3) is 0 Å². The van der Waals surface area contributed by atoms with Crippen LogP contribution >= 0.6 is 0 Å². The van der Waals surface area contributed by atoms with E-state index in [0.717, 1.165) is 12.8 Å². The molecule has 0 saturated carbocycles. The Hall–Kier alpha value is -2.31. The third-order valence-electron chi connectivity index (χ3n) is 7.90. The Bertz CT molecular complexity index is 1470. The first-order valence-electron chi connectivity index (χ1n) is 13.2.